The summed E-state index contributed by atoms with van der Waals surface area (Å²) in [6.45, 7) is 7.64. The molecular weight excluding hydrogens is 256 g/mol. The Hall–Kier alpha value is -1.10. The quantitative estimate of drug-likeness (QED) is 0.781. The fourth-order valence-corrected chi connectivity index (χ4v) is 2.63. The van der Waals surface area contributed by atoms with Gasteiger partial charge in [0.1, 0.15) is 6.04 Å². The second-order valence-electron chi connectivity index (χ2n) is 6.16. The standard InChI is InChI=1S/C15H28N2O3/c1-11(2)10-13(15(19)20)16-14(18)12(3)17-8-6-4-5-7-9-17/h11-13H,4-10H2,1-3H3,(H,16,18)(H,19,20)/t12?,13-/m1/s1. The minimum atomic E-state index is -0.949. The molecule has 1 fully saturated rings. The molecule has 20 heavy (non-hydrogen) atoms. The van der Waals surface area contributed by atoms with Crippen LogP contribution in [-0.2, 0) is 9.59 Å². The highest BCUT2D eigenvalue weighted by molar-refractivity contribution is 5.86. The van der Waals surface area contributed by atoms with Crippen LogP contribution < -0.4 is 5.32 Å². The summed E-state index contributed by atoms with van der Waals surface area (Å²) < 4.78 is 0. The lowest BCUT2D eigenvalue weighted by Crippen LogP contribution is -2.51. The fraction of sp³-hybridized carbons (Fsp3) is 0.867. The highest BCUT2D eigenvalue weighted by atomic mass is 16.4. The molecule has 0 aliphatic carbocycles. The molecule has 0 radical (unpaired) electrons. The molecule has 1 saturated heterocycles. The molecular formula is C15H28N2O3. The van der Waals surface area contributed by atoms with Crippen LogP contribution in [-0.4, -0.2) is 47.1 Å². The molecule has 5 heteroatoms. The Balaban J connectivity index is 2.55. The van der Waals surface area contributed by atoms with E-state index in [9.17, 15) is 14.7 Å². The number of amides is 1. The lowest BCUT2D eigenvalue weighted by molar-refractivity contribution is -0.143. The van der Waals surface area contributed by atoms with Gasteiger partial charge < -0.3 is 10.4 Å². The first-order valence-electron chi connectivity index (χ1n) is 7.69. The van der Waals surface area contributed by atoms with Crippen LogP contribution in [0.4, 0.5) is 0 Å². The van der Waals surface area contributed by atoms with Crippen molar-refractivity contribution in [1.82, 2.24) is 10.2 Å². The molecule has 0 bridgehead atoms. The zero-order chi connectivity index (χ0) is 15.1. The Kier molecular flexibility index (Phi) is 6.99. The maximum Gasteiger partial charge on any atom is 0.326 e. The fourth-order valence-electron chi connectivity index (χ4n) is 2.63. The van der Waals surface area contributed by atoms with Crippen molar-refractivity contribution >= 4 is 11.9 Å². The Bertz CT molecular complexity index is 323. The van der Waals surface area contributed by atoms with E-state index < -0.39 is 12.0 Å². The van der Waals surface area contributed by atoms with Gasteiger partial charge in [0.25, 0.3) is 0 Å². The molecule has 116 valence electrons. The normalized spacial score (nSPS) is 20.2. The number of carboxylic acids is 1. The molecule has 2 atom stereocenters. The number of carboxylic acid groups (broad SMARTS) is 1. The van der Waals surface area contributed by atoms with E-state index in [1.165, 1.54) is 12.8 Å². The molecule has 1 aliphatic heterocycles. The van der Waals surface area contributed by atoms with Gasteiger partial charge in [-0.3, -0.25) is 9.69 Å². The zero-order valence-electron chi connectivity index (χ0n) is 12.9. The van der Waals surface area contributed by atoms with Crippen molar-refractivity contribution in [3.63, 3.8) is 0 Å². The van der Waals surface area contributed by atoms with E-state index >= 15 is 0 Å². The third kappa shape index (κ3) is 5.49. The number of nitrogens with zero attached hydrogens (tertiary/aromatic N) is 1. The Morgan fingerprint density at radius 1 is 1.10 bits per heavy atom. The van der Waals surface area contributed by atoms with Gasteiger partial charge in [0.2, 0.25) is 5.91 Å². The minimum Gasteiger partial charge on any atom is -0.480 e. The molecule has 0 saturated carbocycles. The highest BCUT2D eigenvalue weighted by Gasteiger charge is 2.27. The zero-order valence-corrected chi connectivity index (χ0v) is 12.9. The van der Waals surface area contributed by atoms with Crippen molar-refractivity contribution in [2.24, 2.45) is 5.92 Å². The number of rotatable bonds is 6. The average molecular weight is 284 g/mol. The predicted molar refractivity (Wildman–Crippen MR) is 78.5 cm³/mol. The molecule has 1 aliphatic rings. The number of carbonyl (C=O) groups excluding carboxylic acids is 1. The molecule has 0 spiro atoms. The maximum atomic E-state index is 12.2. The first kappa shape index (κ1) is 17.0. The number of aliphatic carboxylic acids is 1. The van der Waals surface area contributed by atoms with Gasteiger partial charge in [-0.25, -0.2) is 4.79 Å². The van der Waals surface area contributed by atoms with Crippen LogP contribution in [0.25, 0.3) is 0 Å². The smallest absolute Gasteiger partial charge is 0.326 e. The monoisotopic (exact) mass is 284 g/mol. The van der Waals surface area contributed by atoms with Crippen LogP contribution in [0.1, 0.15) is 52.9 Å². The van der Waals surface area contributed by atoms with Gasteiger partial charge in [0.15, 0.2) is 0 Å². The van der Waals surface area contributed by atoms with Crippen molar-refractivity contribution in [3.8, 4) is 0 Å². The maximum absolute atomic E-state index is 12.2. The molecule has 5 nitrogen and oxygen atoms in total. The van der Waals surface area contributed by atoms with Crippen molar-refractivity contribution < 1.29 is 14.7 Å². The largest absolute Gasteiger partial charge is 0.480 e. The second-order valence-corrected chi connectivity index (χ2v) is 6.16. The number of hydrogen-bond donors (Lipinski definition) is 2. The van der Waals surface area contributed by atoms with Crippen LogP contribution in [0.3, 0.4) is 0 Å². The van der Waals surface area contributed by atoms with Crippen LogP contribution in [0.15, 0.2) is 0 Å². The summed E-state index contributed by atoms with van der Waals surface area (Å²) in [6, 6.07) is -1.03. The molecule has 0 aromatic carbocycles. The van der Waals surface area contributed by atoms with Gasteiger partial charge in [-0.05, 0) is 45.2 Å². The summed E-state index contributed by atoms with van der Waals surface area (Å²) in [7, 11) is 0. The van der Waals surface area contributed by atoms with Gasteiger partial charge in [-0.1, -0.05) is 26.7 Å². The summed E-state index contributed by atoms with van der Waals surface area (Å²) in [5.74, 6) is -0.875. The van der Waals surface area contributed by atoms with Gasteiger partial charge in [0, 0.05) is 0 Å². The van der Waals surface area contributed by atoms with Gasteiger partial charge >= 0.3 is 5.97 Å². The van der Waals surface area contributed by atoms with E-state index in [1.807, 2.05) is 20.8 Å². The predicted octanol–water partition coefficient (Wildman–Crippen LogP) is 1.87. The van der Waals surface area contributed by atoms with E-state index in [0.717, 1.165) is 25.9 Å². The van der Waals surface area contributed by atoms with Crippen LogP contribution in [0.5, 0.6) is 0 Å². The first-order chi connectivity index (χ1) is 9.41. The molecule has 1 heterocycles. The molecule has 1 rings (SSSR count). The average Bonchev–Trinajstić information content (AvgIpc) is 2.65. The number of carbonyl (C=O) groups is 2. The molecule has 1 amide bonds. The Labute approximate surface area is 121 Å². The van der Waals surface area contributed by atoms with Crippen molar-refractivity contribution in [3.05, 3.63) is 0 Å². The Morgan fingerprint density at radius 2 is 1.65 bits per heavy atom. The molecule has 0 aromatic rings. The minimum absolute atomic E-state index is 0.167. The van der Waals surface area contributed by atoms with Gasteiger partial charge in [-0.15, -0.1) is 0 Å². The van der Waals surface area contributed by atoms with Gasteiger partial charge in [-0.2, -0.15) is 0 Å². The van der Waals surface area contributed by atoms with E-state index in [2.05, 4.69) is 10.2 Å². The lowest BCUT2D eigenvalue weighted by Gasteiger charge is -2.28. The highest BCUT2D eigenvalue weighted by Crippen LogP contribution is 2.13. The third-order valence-electron chi connectivity index (χ3n) is 3.89. The van der Waals surface area contributed by atoms with Crippen molar-refractivity contribution in [1.29, 1.82) is 0 Å². The summed E-state index contributed by atoms with van der Waals surface area (Å²) in [6.07, 6.45) is 5.14. The Morgan fingerprint density at radius 3 is 2.10 bits per heavy atom. The van der Waals surface area contributed by atoms with Gasteiger partial charge in [0.05, 0.1) is 6.04 Å². The van der Waals surface area contributed by atoms with Crippen LogP contribution in [0, 0.1) is 5.92 Å². The summed E-state index contributed by atoms with van der Waals surface area (Å²) in [5, 5.41) is 11.9. The number of hydrogen-bond acceptors (Lipinski definition) is 3. The SMILES string of the molecule is CC(C)C[C@@H](NC(=O)C(C)N1CCCCCC1)C(=O)O. The first-order valence-corrected chi connectivity index (χ1v) is 7.69. The summed E-state index contributed by atoms with van der Waals surface area (Å²) in [4.78, 5) is 25.6. The van der Waals surface area contributed by atoms with E-state index in [0.29, 0.717) is 6.42 Å². The second kappa shape index (κ2) is 8.25. The topological polar surface area (TPSA) is 69.6 Å². The van der Waals surface area contributed by atoms with Crippen LogP contribution >= 0.6 is 0 Å². The van der Waals surface area contributed by atoms with Crippen molar-refractivity contribution in [2.75, 3.05) is 13.1 Å². The lowest BCUT2D eigenvalue weighted by atomic mass is 10.0. The van der Waals surface area contributed by atoms with E-state index in [1.54, 1.807) is 0 Å². The molecule has 1 unspecified atom stereocenters. The third-order valence-corrected chi connectivity index (χ3v) is 3.89. The summed E-state index contributed by atoms with van der Waals surface area (Å²) >= 11 is 0. The molecule has 0 aromatic heterocycles. The van der Waals surface area contributed by atoms with E-state index in [-0.39, 0.29) is 17.9 Å². The number of nitrogens with one attached hydrogen (secondary N) is 1. The van der Waals surface area contributed by atoms with Crippen LogP contribution in [0.2, 0.25) is 0 Å². The molecule has 2 N–H and O–H groups in total. The van der Waals surface area contributed by atoms with Crippen molar-refractivity contribution in [2.45, 2.75) is 65.0 Å². The summed E-state index contributed by atoms with van der Waals surface area (Å²) in [5.41, 5.74) is 0. The van der Waals surface area contributed by atoms with E-state index in [4.69, 9.17) is 0 Å². The number of likely N-dealkylation sites (tertiary alicyclic amines) is 1.